The predicted molar refractivity (Wildman–Crippen MR) is 114 cm³/mol. The van der Waals surface area contributed by atoms with Crippen molar-refractivity contribution in [3.05, 3.63) is 0 Å². The van der Waals surface area contributed by atoms with Gasteiger partial charge in [0.05, 0.1) is 24.2 Å². The normalized spacial score (nSPS) is 38.3. The molecule has 7 unspecified atom stereocenters. The first-order valence-corrected chi connectivity index (χ1v) is 13.2. The van der Waals surface area contributed by atoms with Gasteiger partial charge in [0.25, 0.3) is 21.9 Å². The molecule has 2 bridgehead atoms. The summed E-state index contributed by atoms with van der Waals surface area (Å²) in [5.41, 5.74) is -0.372. The number of imide groups is 1. The highest BCUT2D eigenvalue weighted by atomic mass is 32.2. The molecule has 0 N–H and O–H groups in total. The highest BCUT2D eigenvalue weighted by Gasteiger charge is 2.58. The average molecular weight is 474 g/mol. The molecule has 9 nitrogen and oxygen atoms in total. The summed E-state index contributed by atoms with van der Waals surface area (Å²) < 4.78 is 37.6. The zero-order valence-corrected chi connectivity index (χ0v) is 20.4. The molecule has 4 rings (SSSR count). The van der Waals surface area contributed by atoms with E-state index in [2.05, 4.69) is 4.28 Å². The van der Waals surface area contributed by atoms with Crippen LogP contribution in [0.2, 0.25) is 0 Å². The van der Waals surface area contributed by atoms with Gasteiger partial charge < -0.3 is 9.47 Å². The van der Waals surface area contributed by atoms with Crippen molar-refractivity contribution in [1.82, 2.24) is 5.06 Å². The van der Waals surface area contributed by atoms with Gasteiger partial charge in [-0.1, -0.05) is 19.8 Å². The molecule has 182 valence electrons. The van der Waals surface area contributed by atoms with E-state index in [0.29, 0.717) is 23.3 Å². The maximum absolute atomic E-state index is 12.1. The van der Waals surface area contributed by atoms with E-state index in [1.165, 1.54) is 19.8 Å². The van der Waals surface area contributed by atoms with Crippen molar-refractivity contribution in [2.24, 2.45) is 29.6 Å². The Kier molecular flexibility index (Phi) is 7.36. The molecule has 0 radical (unpaired) electrons. The summed E-state index contributed by atoms with van der Waals surface area (Å²) in [6.45, 7) is 5.47. The van der Waals surface area contributed by atoms with Crippen molar-refractivity contribution < 1.29 is 36.6 Å². The Labute approximate surface area is 190 Å². The van der Waals surface area contributed by atoms with Crippen LogP contribution in [0, 0.1) is 29.6 Å². The van der Waals surface area contributed by atoms with E-state index < -0.39 is 33.8 Å². The number of carbonyl (C=O) groups excluding carboxylic acids is 3. The summed E-state index contributed by atoms with van der Waals surface area (Å²) >= 11 is 0. The van der Waals surface area contributed by atoms with Crippen molar-refractivity contribution in [3.63, 3.8) is 0 Å². The Balaban J connectivity index is 0.000000186. The number of rotatable bonds is 5. The number of nitrogens with zero attached hydrogens (tertiary/aromatic N) is 1. The summed E-state index contributed by atoms with van der Waals surface area (Å²) in [4.78, 5) is 35.2. The topological polar surface area (TPSA) is 116 Å². The van der Waals surface area contributed by atoms with Crippen molar-refractivity contribution in [1.29, 1.82) is 0 Å². The largest absolute Gasteiger partial charge is 0.456 e. The summed E-state index contributed by atoms with van der Waals surface area (Å²) in [5.74, 6) is -0.766. The SMILES string of the molecule is CCC1CCCC2C(=O)N(OS(C)(=O)=O)C(=O)C12.COC1C2CCC(C2)C1(C)OC(C)=O. The minimum absolute atomic E-state index is 0.102. The second kappa shape index (κ2) is 9.38. The summed E-state index contributed by atoms with van der Waals surface area (Å²) in [6, 6.07) is 0. The molecule has 1 heterocycles. The fraction of sp³-hybridized carbons (Fsp3) is 0.864. The Morgan fingerprint density at radius 3 is 2.41 bits per heavy atom. The van der Waals surface area contributed by atoms with Gasteiger partial charge in [0, 0.05) is 20.0 Å². The first-order valence-electron chi connectivity index (χ1n) is 11.4. The minimum Gasteiger partial charge on any atom is -0.456 e. The fourth-order valence-electron chi connectivity index (χ4n) is 6.39. The van der Waals surface area contributed by atoms with E-state index in [-0.39, 0.29) is 23.6 Å². The Hall–Kier alpha value is -1.52. The lowest BCUT2D eigenvalue weighted by atomic mass is 9.72. The summed E-state index contributed by atoms with van der Waals surface area (Å²) in [5, 5.41) is 0.457. The Bertz CT molecular complexity index is 858. The standard InChI is InChI=1S/C11H17NO5S.C11H18O3/c1-3-7-5-4-6-8-9(7)11(14)12(10(8)13)17-18(2,15)16;1-7(12)14-11(2)9-5-4-8(6-9)10(11)13-3/h7-9H,3-6H2,1-2H3;8-10H,4-6H2,1-3H3. The molecule has 10 heteroatoms. The van der Waals surface area contributed by atoms with Gasteiger partial charge in [-0.15, -0.1) is 9.35 Å². The van der Waals surface area contributed by atoms with Crippen LogP contribution in [-0.4, -0.2) is 56.3 Å². The number of ether oxygens (including phenoxy) is 2. The van der Waals surface area contributed by atoms with Crippen molar-refractivity contribution in [2.45, 2.75) is 77.4 Å². The quantitative estimate of drug-likeness (QED) is 0.442. The maximum Gasteiger partial charge on any atom is 0.303 e. The van der Waals surface area contributed by atoms with Gasteiger partial charge >= 0.3 is 5.97 Å². The van der Waals surface area contributed by atoms with Gasteiger partial charge in [0.15, 0.2) is 0 Å². The molecule has 3 saturated carbocycles. The number of hydroxylamine groups is 2. The predicted octanol–water partition coefficient (Wildman–Crippen LogP) is 2.44. The molecule has 7 atom stereocenters. The molecular formula is C22H35NO8S. The highest BCUT2D eigenvalue weighted by Crippen LogP contribution is 2.53. The molecule has 1 aliphatic heterocycles. The number of methoxy groups -OCH3 is 1. The van der Waals surface area contributed by atoms with Crippen LogP contribution in [0.1, 0.15) is 65.7 Å². The van der Waals surface area contributed by atoms with Crippen LogP contribution in [0.4, 0.5) is 0 Å². The number of hydrogen-bond donors (Lipinski definition) is 0. The van der Waals surface area contributed by atoms with Crippen molar-refractivity contribution >= 4 is 27.9 Å². The fourth-order valence-corrected chi connectivity index (χ4v) is 6.81. The van der Waals surface area contributed by atoms with Crippen LogP contribution in [0.3, 0.4) is 0 Å². The Morgan fingerprint density at radius 2 is 1.84 bits per heavy atom. The maximum atomic E-state index is 12.1. The third kappa shape index (κ3) is 4.72. The van der Waals surface area contributed by atoms with Crippen LogP contribution in [-0.2, 0) is 38.3 Å². The van der Waals surface area contributed by atoms with E-state index in [9.17, 15) is 22.8 Å². The lowest BCUT2D eigenvalue weighted by Gasteiger charge is -2.39. The monoisotopic (exact) mass is 473 g/mol. The lowest BCUT2D eigenvalue weighted by Crippen LogP contribution is -2.48. The van der Waals surface area contributed by atoms with Crippen molar-refractivity contribution in [2.75, 3.05) is 13.4 Å². The molecule has 0 aromatic rings. The molecule has 4 aliphatic rings. The molecule has 3 aliphatic carbocycles. The first-order chi connectivity index (χ1) is 14.9. The second-order valence-corrected chi connectivity index (χ2v) is 11.2. The number of hydrogen-bond acceptors (Lipinski definition) is 8. The molecule has 0 spiro atoms. The third-order valence-corrected chi connectivity index (χ3v) is 8.08. The van der Waals surface area contributed by atoms with E-state index in [1.807, 2.05) is 13.8 Å². The smallest absolute Gasteiger partial charge is 0.303 e. The molecule has 0 aromatic heterocycles. The van der Waals surface area contributed by atoms with Crippen LogP contribution in [0.15, 0.2) is 0 Å². The van der Waals surface area contributed by atoms with Gasteiger partial charge in [0.1, 0.15) is 5.60 Å². The van der Waals surface area contributed by atoms with Crippen LogP contribution >= 0.6 is 0 Å². The molecule has 0 aromatic carbocycles. The Morgan fingerprint density at radius 1 is 1.16 bits per heavy atom. The number of amides is 2. The highest BCUT2D eigenvalue weighted by molar-refractivity contribution is 7.85. The molecular weight excluding hydrogens is 438 g/mol. The summed E-state index contributed by atoms with van der Waals surface area (Å²) in [6.07, 6.45) is 7.73. The zero-order chi connectivity index (χ0) is 23.8. The molecule has 1 saturated heterocycles. The molecule has 2 amide bonds. The van der Waals surface area contributed by atoms with Gasteiger partial charge in [-0.05, 0) is 50.9 Å². The van der Waals surface area contributed by atoms with Crippen molar-refractivity contribution in [3.8, 4) is 0 Å². The average Bonchev–Trinajstić information content (AvgIpc) is 3.35. The van der Waals surface area contributed by atoms with Gasteiger partial charge in [-0.25, -0.2) is 0 Å². The molecule has 32 heavy (non-hydrogen) atoms. The number of carbonyl (C=O) groups is 3. The third-order valence-electron chi connectivity index (χ3n) is 7.66. The van der Waals surface area contributed by atoms with E-state index >= 15 is 0 Å². The zero-order valence-electron chi connectivity index (χ0n) is 19.5. The first kappa shape index (κ1) is 25.1. The summed E-state index contributed by atoms with van der Waals surface area (Å²) in [7, 11) is -2.14. The van der Waals surface area contributed by atoms with Gasteiger partial charge in [-0.2, -0.15) is 8.42 Å². The van der Waals surface area contributed by atoms with Gasteiger partial charge in [-0.3, -0.25) is 14.4 Å². The number of esters is 1. The van der Waals surface area contributed by atoms with Gasteiger partial charge in [0.2, 0.25) is 0 Å². The van der Waals surface area contributed by atoms with Crippen LogP contribution in [0.25, 0.3) is 0 Å². The van der Waals surface area contributed by atoms with Crippen LogP contribution in [0.5, 0.6) is 0 Å². The molecule has 4 fully saturated rings. The van der Waals surface area contributed by atoms with E-state index in [4.69, 9.17) is 9.47 Å². The van der Waals surface area contributed by atoms with Crippen LogP contribution < -0.4 is 0 Å². The van der Waals surface area contributed by atoms with E-state index in [0.717, 1.165) is 31.9 Å². The number of fused-ring (bicyclic) bond motifs is 3. The lowest BCUT2D eigenvalue weighted by molar-refractivity contribution is -0.179. The van der Waals surface area contributed by atoms with E-state index in [1.54, 1.807) is 7.11 Å². The minimum atomic E-state index is -3.86. The second-order valence-electron chi connectivity index (χ2n) is 9.68.